The number of carbonyl (C=O) groups excluding carboxylic acids is 1. The van der Waals surface area contributed by atoms with Crippen LogP contribution in [-0.2, 0) is 19.4 Å². The monoisotopic (exact) mass is 380 g/mol. The fraction of sp³-hybridized carbons (Fsp3) is 0.348. The lowest BCUT2D eigenvalue weighted by Crippen LogP contribution is -2.13. The molecule has 2 N–H and O–H groups in total. The standard InChI is InChI=1S/C23H28N2OS/c1-4-5-8-20-22(18-11-9-16(2)10-12-18)21(23(24)26)17(3)25(20)14-13-19-7-6-15-27-19/h6-7,9-12,15H,4-5,8,13-14H2,1-3H3,(H2,24,26). The SMILES string of the molecule is CCCCc1c(-c2ccc(C)cc2)c(C(N)=O)c(C)n1CCc1cccs1. The first kappa shape index (κ1) is 19.4. The van der Waals surface area contributed by atoms with E-state index in [9.17, 15) is 4.79 Å². The first-order chi connectivity index (χ1) is 13.0. The van der Waals surface area contributed by atoms with Gasteiger partial charge in [0.05, 0.1) is 5.56 Å². The lowest BCUT2D eigenvalue weighted by Gasteiger charge is -2.13. The van der Waals surface area contributed by atoms with E-state index in [1.165, 1.54) is 16.1 Å². The Morgan fingerprint density at radius 2 is 1.85 bits per heavy atom. The zero-order valence-corrected chi connectivity index (χ0v) is 17.2. The van der Waals surface area contributed by atoms with E-state index in [4.69, 9.17) is 5.73 Å². The Morgan fingerprint density at radius 3 is 2.44 bits per heavy atom. The lowest BCUT2D eigenvalue weighted by molar-refractivity contribution is 0.1000. The molecule has 0 radical (unpaired) electrons. The van der Waals surface area contributed by atoms with E-state index in [1.54, 1.807) is 11.3 Å². The molecule has 3 nitrogen and oxygen atoms in total. The van der Waals surface area contributed by atoms with Crippen molar-refractivity contribution >= 4 is 17.2 Å². The van der Waals surface area contributed by atoms with Crippen molar-refractivity contribution in [1.82, 2.24) is 4.57 Å². The van der Waals surface area contributed by atoms with E-state index in [1.807, 2.05) is 6.92 Å². The molecule has 0 aliphatic carbocycles. The second kappa shape index (κ2) is 8.57. The van der Waals surface area contributed by atoms with Gasteiger partial charge >= 0.3 is 0 Å². The highest BCUT2D eigenvalue weighted by Gasteiger charge is 2.24. The fourth-order valence-electron chi connectivity index (χ4n) is 3.71. The molecular weight excluding hydrogens is 352 g/mol. The summed E-state index contributed by atoms with van der Waals surface area (Å²) in [5.74, 6) is -0.337. The van der Waals surface area contributed by atoms with Crippen LogP contribution in [0.4, 0.5) is 0 Å². The van der Waals surface area contributed by atoms with E-state index in [0.717, 1.165) is 49.0 Å². The average molecular weight is 381 g/mol. The molecule has 0 unspecified atom stereocenters. The van der Waals surface area contributed by atoms with Crippen molar-refractivity contribution in [2.45, 2.75) is 53.0 Å². The minimum absolute atomic E-state index is 0.337. The Kier molecular flexibility index (Phi) is 6.17. The van der Waals surface area contributed by atoms with Gasteiger partial charge in [-0.25, -0.2) is 0 Å². The van der Waals surface area contributed by atoms with Gasteiger partial charge in [0.2, 0.25) is 0 Å². The number of aromatic nitrogens is 1. The Labute approximate surface area is 165 Å². The van der Waals surface area contributed by atoms with Crippen LogP contribution in [0.25, 0.3) is 11.1 Å². The number of carbonyl (C=O) groups is 1. The van der Waals surface area contributed by atoms with Gasteiger partial charge in [0.1, 0.15) is 0 Å². The molecular formula is C23H28N2OS. The van der Waals surface area contributed by atoms with Gasteiger partial charge in [0.25, 0.3) is 5.91 Å². The molecule has 1 amide bonds. The second-order valence-corrected chi connectivity index (χ2v) is 8.13. The van der Waals surface area contributed by atoms with Crippen molar-refractivity contribution in [3.05, 3.63) is 69.2 Å². The van der Waals surface area contributed by atoms with E-state index in [0.29, 0.717) is 5.56 Å². The predicted octanol–water partition coefficient (Wildman–Crippen LogP) is 5.52. The molecule has 27 heavy (non-hydrogen) atoms. The largest absolute Gasteiger partial charge is 0.366 e. The zero-order chi connectivity index (χ0) is 19.4. The molecule has 0 spiro atoms. The van der Waals surface area contributed by atoms with Crippen LogP contribution in [0, 0.1) is 13.8 Å². The Bertz CT molecular complexity index is 905. The Balaban J connectivity index is 2.11. The van der Waals surface area contributed by atoms with Gasteiger partial charge in [0.15, 0.2) is 0 Å². The highest BCUT2D eigenvalue weighted by atomic mass is 32.1. The molecule has 2 aromatic heterocycles. The minimum Gasteiger partial charge on any atom is -0.366 e. The maximum atomic E-state index is 12.4. The number of nitrogens with two attached hydrogens (primary N) is 1. The van der Waals surface area contributed by atoms with Crippen LogP contribution in [0.2, 0.25) is 0 Å². The summed E-state index contributed by atoms with van der Waals surface area (Å²) in [5.41, 5.74) is 12.1. The van der Waals surface area contributed by atoms with E-state index in [2.05, 4.69) is 60.2 Å². The van der Waals surface area contributed by atoms with Crippen LogP contribution >= 0.6 is 11.3 Å². The number of aryl methyl sites for hydroxylation is 2. The number of hydrogen-bond donors (Lipinski definition) is 1. The molecule has 0 saturated heterocycles. The molecule has 0 bridgehead atoms. The molecule has 3 rings (SSSR count). The van der Waals surface area contributed by atoms with E-state index in [-0.39, 0.29) is 5.91 Å². The lowest BCUT2D eigenvalue weighted by atomic mass is 9.97. The van der Waals surface area contributed by atoms with Crippen LogP contribution in [0.1, 0.15) is 52.0 Å². The molecule has 0 saturated carbocycles. The molecule has 1 aromatic carbocycles. The summed E-state index contributed by atoms with van der Waals surface area (Å²) in [6.07, 6.45) is 4.14. The van der Waals surface area contributed by atoms with Crippen LogP contribution in [0.5, 0.6) is 0 Å². The molecule has 142 valence electrons. The average Bonchev–Trinajstić information content (AvgIpc) is 3.25. The third-order valence-electron chi connectivity index (χ3n) is 5.15. The molecule has 0 atom stereocenters. The van der Waals surface area contributed by atoms with Gasteiger partial charge in [0, 0.05) is 28.4 Å². The summed E-state index contributed by atoms with van der Waals surface area (Å²) >= 11 is 1.78. The summed E-state index contributed by atoms with van der Waals surface area (Å²) in [5, 5.41) is 2.11. The molecule has 3 aromatic rings. The smallest absolute Gasteiger partial charge is 0.251 e. The quantitative estimate of drug-likeness (QED) is 0.550. The summed E-state index contributed by atoms with van der Waals surface area (Å²) in [7, 11) is 0. The van der Waals surface area contributed by atoms with Crippen LogP contribution in [0.15, 0.2) is 41.8 Å². The fourth-order valence-corrected chi connectivity index (χ4v) is 4.41. The predicted molar refractivity (Wildman–Crippen MR) is 114 cm³/mol. The highest BCUT2D eigenvalue weighted by molar-refractivity contribution is 7.09. The molecule has 2 heterocycles. The van der Waals surface area contributed by atoms with Gasteiger partial charge in [-0.15, -0.1) is 11.3 Å². The number of hydrogen-bond acceptors (Lipinski definition) is 2. The summed E-state index contributed by atoms with van der Waals surface area (Å²) in [6, 6.07) is 12.7. The molecule has 0 fully saturated rings. The number of thiophene rings is 1. The van der Waals surface area contributed by atoms with E-state index >= 15 is 0 Å². The number of amides is 1. The first-order valence-electron chi connectivity index (χ1n) is 9.64. The van der Waals surface area contributed by atoms with Gasteiger partial charge in [-0.05, 0) is 50.1 Å². The maximum Gasteiger partial charge on any atom is 0.251 e. The second-order valence-electron chi connectivity index (χ2n) is 7.10. The van der Waals surface area contributed by atoms with Crippen molar-refractivity contribution in [1.29, 1.82) is 0 Å². The third-order valence-corrected chi connectivity index (χ3v) is 6.08. The van der Waals surface area contributed by atoms with Gasteiger partial charge in [-0.3, -0.25) is 4.79 Å². The van der Waals surface area contributed by atoms with Crippen LogP contribution in [0.3, 0.4) is 0 Å². The van der Waals surface area contributed by atoms with Gasteiger partial charge in [-0.1, -0.05) is 49.2 Å². The third kappa shape index (κ3) is 4.16. The van der Waals surface area contributed by atoms with Crippen molar-refractivity contribution in [3.8, 4) is 11.1 Å². The van der Waals surface area contributed by atoms with Crippen molar-refractivity contribution < 1.29 is 4.79 Å². The van der Waals surface area contributed by atoms with Crippen molar-refractivity contribution in [2.75, 3.05) is 0 Å². The summed E-state index contributed by atoms with van der Waals surface area (Å²) in [6.45, 7) is 7.18. The van der Waals surface area contributed by atoms with Gasteiger partial charge < -0.3 is 10.3 Å². The number of nitrogens with zero attached hydrogens (tertiary/aromatic N) is 1. The van der Waals surface area contributed by atoms with Gasteiger partial charge in [-0.2, -0.15) is 0 Å². The van der Waals surface area contributed by atoms with Crippen LogP contribution < -0.4 is 5.73 Å². The highest BCUT2D eigenvalue weighted by Crippen LogP contribution is 2.34. The molecule has 0 aliphatic heterocycles. The number of rotatable bonds is 8. The normalized spacial score (nSPS) is 11.1. The number of unbranched alkanes of at least 4 members (excludes halogenated alkanes) is 1. The van der Waals surface area contributed by atoms with Crippen molar-refractivity contribution in [2.24, 2.45) is 5.73 Å². The summed E-state index contributed by atoms with van der Waals surface area (Å²) < 4.78 is 2.32. The zero-order valence-electron chi connectivity index (χ0n) is 16.4. The Morgan fingerprint density at radius 1 is 1.11 bits per heavy atom. The van der Waals surface area contributed by atoms with Crippen LogP contribution in [-0.4, -0.2) is 10.5 Å². The van der Waals surface area contributed by atoms with E-state index < -0.39 is 0 Å². The topological polar surface area (TPSA) is 48.0 Å². The Hall–Kier alpha value is -2.33. The molecule has 4 heteroatoms. The first-order valence-corrected chi connectivity index (χ1v) is 10.5. The molecule has 0 aliphatic rings. The minimum atomic E-state index is -0.337. The number of benzene rings is 1. The number of primary amides is 1. The maximum absolute atomic E-state index is 12.4. The van der Waals surface area contributed by atoms with Crippen molar-refractivity contribution in [3.63, 3.8) is 0 Å². The summed E-state index contributed by atoms with van der Waals surface area (Å²) in [4.78, 5) is 13.7.